The molecule has 0 radical (unpaired) electrons. The number of hydrogen-bond acceptors (Lipinski definition) is 5. The van der Waals surface area contributed by atoms with Gasteiger partial charge in [0.05, 0.1) is 24.7 Å². The Morgan fingerprint density at radius 3 is 2.42 bits per heavy atom. The van der Waals surface area contributed by atoms with Crippen LogP contribution in [0.5, 0.6) is 11.5 Å². The van der Waals surface area contributed by atoms with E-state index >= 15 is 0 Å². The minimum atomic E-state index is -3.76. The molecule has 0 spiro atoms. The van der Waals surface area contributed by atoms with Gasteiger partial charge in [-0.25, -0.2) is 17.4 Å². The van der Waals surface area contributed by atoms with E-state index in [1.165, 1.54) is 19.5 Å². The van der Waals surface area contributed by atoms with Crippen molar-refractivity contribution in [2.24, 2.45) is 0 Å². The van der Waals surface area contributed by atoms with Crippen molar-refractivity contribution in [2.75, 3.05) is 14.2 Å². The first-order chi connectivity index (χ1) is 11.6. The fraction of sp³-hybridized carbons (Fsp3) is 0.118. The van der Waals surface area contributed by atoms with E-state index in [1.54, 1.807) is 55.6 Å². The number of aromatic nitrogens is 2. The fourth-order valence-electron chi connectivity index (χ4n) is 2.37. The average molecular weight is 344 g/mol. The highest BCUT2D eigenvalue weighted by Gasteiger charge is 2.23. The second kappa shape index (κ2) is 6.37. The molecule has 124 valence electrons. The van der Waals surface area contributed by atoms with Crippen molar-refractivity contribution in [3.05, 3.63) is 60.9 Å². The lowest BCUT2D eigenvalue weighted by molar-refractivity contribution is 0.404. The van der Waals surface area contributed by atoms with E-state index in [9.17, 15) is 8.42 Å². The summed E-state index contributed by atoms with van der Waals surface area (Å²) in [7, 11) is -0.703. The van der Waals surface area contributed by atoms with Crippen LogP contribution >= 0.6 is 0 Å². The predicted molar refractivity (Wildman–Crippen MR) is 89.8 cm³/mol. The summed E-state index contributed by atoms with van der Waals surface area (Å²) in [6, 6.07) is 13.3. The smallest absolute Gasteiger partial charge is 0.269 e. The molecule has 0 N–H and O–H groups in total. The Bertz CT molecular complexity index is 950. The van der Waals surface area contributed by atoms with Crippen molar-refractivity contribution in [3.63, 3.8) is 0 Å². The molecule has 0 fully saturated rings. The Morgan fingerprint density at radius 2 is 1.75 bits per heavy atom. The molecule has 6 nitrogen and oxygen atoms in total. The van der Waals surface area contributed by atoms with Crippen LogP contribution < -0.4 is 9.47 Å². The normalized spacial score (nSPS) is 11.2. The average Bonchev–Trinajstić information content (AvgIpc) is 3.12. The van der Waals surface area contributed by atoms with Gasteiger partial charge in [0.15, 0.2) is 5.82 Å². The molecule has 0 saturated heterocycles. The predicted octanol–water partition coefficient (Wildman–Crippen LogP) is 2.80. The van der Waals surface area contributed by atoms with E-state index in [0.29, 0.717) is 17.1 Å². The molecule has 7 heteroatoms. The molecule has 0 aliphatic heterocycles. The molecule has 0 saturated carbocycles. The quantitative estimate of drug-likeness (QED) is 0.712. The maximum atomic E-state index is 12.9. The summed E-state index contributed by atoms with van der Waals surface area (Å²) >= 11 is 0. The van der Waals surface area contributed by atoms with Crippen LogP contribution in [0.4, 0.5) is 0 Å². The SMILES string of the molecule is COc1ccc(OC)c(-c2nccn2S(=O)(=O)c2ccccc2)c1. The molecule has 1 aromatic heterocycles. The van der Waals surface area contributed by atoms with Crippen LogP contribution in [-0.4, -0.2) is 31.6 Å². The van der Waals surface area contributed by atoms with Crippen LogP contribution in [-0.2, 0) is 10.0 Å². The standard InChI is InChI=1S/C17H16N2O4S/c1-22-13-8-9-16(23-2)15(12-13)17-18-10-11-19(17)24(20,21)14-6-4-3-5-7-14/h3-12H,1-2H3. The Balaban J connectivity index is 2.19. The molecule has 24 heavy (non-hydrogen) atoms. The van der Waals surface area contributed by atoms with Crippen molar-refractivity contribution >= 4 is 10.0 Å². The zero-order valence-electron chi connectivity index (χ0n) is 13.2. The first-order valence-electron chi connectivity index (χ1n) is 7.14. The van der Waals surface area contributed by atoms with Gasteiger partial charge in [-0.1, -0.05) is 18.2 Å². The van der Waals surface area contributed by atoms with Gasteiger partial charge in [-0.15, -0.1) is 0 Å². The van der Waals surface area contributed by atoms with Gasteiger partial charge in [-0.05, 0) is 30.3 Å². The second-order valence-corrected chi connectivity index (χ2v) is 6.75. The monoisotopic (exact) mass is 344 g/mol. The number of benzene rings is 2. The van der Waals surface area contributed by atoms with Crippen molar-refractivity contribution in [3.8, 4) is 22.9 Å². The number of rotatable bonds is 5. The van der Waals surface area contributed by atoms with Crippen LogP contribution in [0.1, 0.15) is 0 Å². The van der Waals surface area contributed by atoms with Gasteiger partial charge in [0.2, 0.25) is 0 Å². The third kappa shape index (κ3) is 2.74. The van der Waals surface area contributed by atoms with Crippen LogP contribution in [0.3, 0.4) is 0 Å². The summed E-state index contributed by atoms with van der Waals surface area (Å²) in [5, 5.41) is 0. The number of methoxy groups -OCH3 is 2. The fourth-order valence-corrected chi connectivity index (χ4v) is 3.69. The summed E-state index contributed by atoms with van der Waals surface area (Å²) in [6.07, 6.45) is 2.85. The second-order valence-electron chi connectivity index (χ2n) is 4.93. The minimum absolute atomic E-state index is 0.186. The summed E-state index contributed by atoms with van der Waals surface area (Å²) < 4.78 is 37.5. The molecule has 0 aliphatic carbocycles. The highest BCUT2D eigenvalue weighted by molar-refractivity contribution is 7.90. The minimum Gasteiger partial charge on any atom is -0.497 e. The van der Waals surface area contributed by atoms with Crippen molar-refractivity contribution in [2.45, 2.75) is 4.90 Å². The van der Waals surface area contributed by atoms with Crippen molar-refractivity contribution in [1.29, 1.82) is 0 Å². The van der Waals surface area contributed by atoms with E-state index in [4.69, 9.17) is 9.47 Å². The Morgan fingerprint density at radius 1 is 1.00 bits per heavy atom. The maximum absolute atomic E-state index is 12.9. The van der Waals surface area contributed by atoms with Crippen LogP contribution in [0.2, 0.25) is 0 Å². The molecule has 3 rings (SSSR count). The molecular formula is C17H16N2O4S. The molecule has 0 atom stereocenters. The van der Waals surface area contributed by atoms with Crippen LogP contribution in [0, 0.1) is 0 Å². The van der Waals surface area contributed by atoms with Crippen molar-refractivity contribution < 1.29 is 17.9 Å². The van der Waals surface area contributed by atoms with E-state index < -0.39 is 10.0 Å². The highest BCUT2D eigenvalue weighted by atomic mass is 32.2. The summed E-state index contributed by atoms with van der Waals surface area (Å²) in [5.41, 5.74) is 0.529. The van der Waals surface area contributed by atoms with Gasteiger partial charge < -0.3 is 9.47 Å². The number of imidazole rings is 1. The van der Waals surface area contributed by atoms with E-state index in [1.807, 2.05) is 0 Å². The Hall–Kier alpha value is -2.80. The molecule has 1 heterocycles. The van der Waals surface area contributed by atoms with Gasteiger partial charge in [-0.3, -0.25) is 0 Å². The summed E-state index contributed by atoms with van der Waals surface area (Å²) in [6.45, 7) is 0. The van der Waals surface area contributed by atoms with Crippen molar-refractivity contribution in [1.82, 2.24) is 8.96 Å². The largest absolute Gasteiger partial charge is 0.497 e. The van der Waals surface area contributed by atoms with Gasteiger partial charge >= 0.3 is 0 Å². The molecular weight excluding hydrogens is 328 g/mol. The van der Waals surface area contributed by atoms with E-state index in [0.717, 1.165) is 3.97 Å². The number of hydrogen-bond donors (Lipinski definition) is 0. The third-order valence-electron chi connectivity index (χ3n) is 3.56. The lowest BCUT2D eigenvalue weighted by atomic mass is 10.2. The molecule has 2 aromatic carbocycles. The lowest BCUT2D eigenvalue weighted by Gasteiger charge is -2.13. The lowest BCUT2D eigenvalue weighted by Crippen LogP contribution is -2.13. The molecule has 0 bridgehead atoms. The van der Waals surface area contributed by atoms with Crippen LogP contribution in [0.15, 0.2) is 65.8 Å². The Kier molecular flexibility index (Phi) is 4.26. The molecule has 0 aliphatic rings. The van der Waals surface area contributed by atoms with Gasteiger partial charge in [0.1, 0.15) is 11.5 Å². The topological polar surface area (TPSA) is 70.4 Å². The molecule has 3 aromatic rings. The maximum Gasteiger partial charge on any atom is 0.269 e. The zero-order valence-corrected chi connectivity index (χ0v) is 14.0. The van der Waals surface area contributed by atoms with Gasteiger partial charge in [0, 0.05) is 12.4 Å². The van der Waals surface area contributed by atoms with E-state index in [-0.39, 0.29) is 10.7 Å². The number of ether oxygens (including phenoxy) is 2. The summed E-state index contributed by atoms with van der Waals surface area (Å²) in [5.74, 6) is 1.35. The molecule has 0 unspecified atom stereocenters. The third-order valence-corrected chi connectivity index (χ3v) is 5.24. The Labute approximate surface area is 140 Å². The molecule has 0 amide bonds. The highest BCUT2D eigenvalue weighted by Crippen LogP contribution is 2.33. The van der Waals surface area contributed by atoms with E-state index in [2.05, 4.69) is 4.98 Å². The number of nitrogens with zero attached hydrogens (tertiary/aromatic N) is 2. The first-order valence-corrected chi connectivity index (χ1v) is 8.58. The van der Waals surface area contributed by atoms with Gasteiger partial charge in [0.25, 0.3) is 10.0 Å². The summed E-state index contributed by atoms with van der Waals surface area (Å²) in [4.78, 5) is 4.40. The van der Waals surface area contributed by atoms with Gasteiger partial charge in [-0.2, -0.15) is 0 Å². The zero-order chi connectivity index (χ0) is 17.2. The first kappa shape index (κ1) is 16.1. The van der Waals surface area contributed by atoms with Crippen LogP contribution in [0.25, 0.3) is 11.4 Å².